The molecule has 0 radical (unpaired) electrons. The van der Waals surface area contributed by atoms with Crippen LogP contribution in [0.5, 0.6) is 0 Å². The van der Waals surface area contributed by atoms with Gasteiger partial charge in [0.25, 0.3) is 0 Å². The van der Waals surface area contributed by atoms with Crippen molar-refractivity contribution in [3.63, 3.8) is 0 Å². The Hall–Kier alpha value is -1.85. The standard InChI is InChI=1S/C12H15N3O2/c1-15-7-9(6-14-17-8-12(13)16)10-4-2-3-5-11(10)15/h2-5,7,14H,6,8H2,1H3,(H2,13,16). The molecule has 5 heteroatoms. The molecule has 3 N–H and O–H groups in total. The van der Waals surface area contributed by atoms with E-state index in [2.05, 4.69) is 22.2 Å². The summed E-state index contributed by atoms with van der Waals surface area (Å²) >= 11 is 0. The zero-order valence-corrected chi connectivity index (χ0v) is 9.64. The van der Waals surface area contributed by atoms with Gasteiger partial charge in [0.15, 0.2) is 0 Å². The third-order valence-electron chi connectivity index (χ3n) is 2.56. The summed E-state index contributed by atoms with van der Waals surface area (Å²) in [6.45, 7) is 0.416. The Labute approximate surface area is 99.1 Å². The molecular formula is C12H15N3O2. The van der Waals surface area contributed by atoms with E-state index in [0.717, 1.165) is 5.56 Å². The number of rotatable bonds is 5. The lowest BCUT2D eigenvalue weighted by Crippen LogP contribution is -2.24. The smallest absolute Gasteiger partial charge is 0.245 e. The maximum absolute atomic E-state index is 10.5. The molecule has 90 valence electrons. The van der Waals surface area contributed by atoms with Crippen LogP contribution >= 0.6 is 0 Å². The molecule has 1 aromatic carbocycles. The minimum absolute atomic E-state index is 0.120. The highest BCUT2D eigenvalue weighted by molar-refractivity contribution is 5.83. The van der Waals surface area contributed by atoms with E-state index in [4.69, 9.17) is 10.6 Å². The van der Waals surface area contributed by atoms with Gasteiger partial charge in [-0.15, -0.1) is 0 Å². The van der Waals surface area contributed by atoms with Crippen LogP contribution in [-0.4, -0.2) is 17.1 Å². The average Bonchev–Trinajstić information content (AvgIpc) is 2.63. The predicted molar refractivity (Wildman–Crippen MR) is 64.9 cm³/mol. The van der Waals surface area contributed by atoms with Crippen LogP contribution in [0.2, 0.25) is 0 Å². The highest BCUT2D eigenvalue weighted by Crippen LogP contribution is 2.19. The number of nitrogens with zero attached hydrogens (tertiary/aromatic N) is 1. The van der Waals surface area contributed by atoms with Crippen LogP contribution in [-0.2, 0) is 23.2 Å². The lowest BCUT2D eigenvalue weighted by Gasteiger charge is -2.02. The normalized spacial score (nSPS) is 10.9. The van der Waals surface area contributed by atoms with Gasteiger partial charge in [0, 0.05) is 30.7 Å². The Morgan fingerprint density at radius 1 is 1.47 bits per heavy atom. The van der Waals surface area contributed by atoms with Crippen LogP contribution < -0.4 is 11.2 Å². The van der Waals surface area contributed by atoms with Gasteiger partial charge in [-0.05, 0) is 11.6 Å². The molecule has 1 amide bonds. The molecule has 2 rings (SSSR count). The third kappa shape index (κ3) is 2.64. The zero-order chi connectivity index (χ0) is 12.3. The lowest BCUT2D eigenvalue weighted by molar-refractivity contribution is -0.125. The number of fused-ring (bicyclic) bond motifs is 1. The number of nitrogens with one attached hydrogen (secondary N) is 1. The Morgan fingerprint density at radius 3 is 3.00 bits per heavy atom. The maximum Gasteiger partial charge on any atom is 0.245 e. The van der Waals surface area contributed by atoms with Gasteiger partial charge in [-0.2, -0.15) is 5.48 Å². The van der Waals surface area contributed by atoms with Crippen LogP contribution in [0, 0.1) is 0 Å². The van der Waals surface area contributed by atoms with Crippen molar-refractivity contribution in [1.82, 2.24) is 10.0 Å². The molecule has 0 aliphatic carbocycles. The molecule has 0 atom stereocenters. The van der Waals surface area contributed by atoms with E-state index in [0.29, 0.717) is 6.54 Å². The van der Waals surface area contributed by atoms with E-state index in [9.17, 15) is 4.79 Å². The third-order valence-corrected chi connectivity index (χ3v) is 2.56. The number of nitrogens with two attached hydrogens (primary N) is 1. The summed E-state index contributed by atoms with van der Waals surface area (Å²) < 4.78 is 2.06. The number of primary amides is 1. The molecule has 2 aromatic rings. The number of carbonyl (C=O) groups is 1. The SMILES string of the molecule is Cn1cc(CNOCC(N)=O)c2ccccc21. The first kappa shape index (κ1) is 11.6. The van der Waals surface area contributed by atoms with E-state index in [1.54, 1.807) is 0 Å². The van der Waals surface area contributed by atoms with Crippen molar-refractivity contribution in [3.05, 3.63) is 36.0 Å². The van der Waals surface area contributed by atoms with Crippen LogP contribution in [0.3, 0.4) is 0 Å². The van der Waals surface area contributed by atoms with Gasteiger partial charge in [0.05, 0.1) is 0 Å². The molecule has 1 aromatic heterocycles. The Morgan fingerprint density at radius 2 is 2.24 bits per heavy atom. The fraction of sp³-hybridized carbons (Fsp3) is 0.250. The predicted octanol–water partition coefficient (Wildman–Crippen LogP) is 0.685. The van der Waals surface area contributed by atoms with Crippen LogP contribution in [0.4, 0.5) is 0 Å². The molecule has 0 bridgehead atoms. The monoisotopic (exact) mass is 233 g/mol. The van der Waals surface area contributed by atoms with E-state index >= 15 is 0 Å². The molecule has 17 heavy (non-hydrogen) atoms. The number of hydroxylamine groups is 1. The first-order valence-corrected chi connectivity index (χ1v) is 5.34. The summed E-state index contributed by atoms with van der Waals surface area (Å²) in [5, 5.41) is 1.17. The first-order chi connectivity index (χ1) is 8.18. The summed E-state index contributed by atoms with van der Waals surface area (Å²) in [4.78, 5) is 15.4. The molecule has 0 aliphatic heterocycles. The molecule has 0 saturated carbocycles. The van der Waals surface area contributed by atoms with Crippen molar-refractivity contribution in [3.8, 4) is 0 Å². The van der Waals surface area contributed by atoms with E-state index < -0.39 is 5.91 Å². The van der Waals surface area contributed by atoms with Gasteiger partial charge in [-0.25, -0.2) is 0 Å². The van der Waals surface area contributed by atoms with Crippen molar-refractivity contribution >= 4 is 16.8 Å². The van der Waals surface area contributed by atoms with Gasteiger partial charge in [0.2, 0.25) is 5.91 Å². The summed E-state index contributed by atoms with van der Waals surface area (Å²) in [7, 11) is 2.00. The van der Waals surface area contributed by atoms with Gasteiger partial charge in [0.1, 0.15) is 6.61 Å². The molecule has 5 nitrogen and oxygen atoms in total. The van der Waals surface area contributed by atoms with E-state index in [1.807, 2.05) is 25.4 Å². The summed E-state index contributed by atoms with van der Waals surface area (Å²) in [6, 6.07) is 8.11. The van der Waals surface area contributed by atoms with Crippen molar-refractivity contribution in [2.75, 3.05) is 6.61 Å². The fourth-order valence-corrected chi connectivity index (χ4v) is 1.82. The highest BCUT2D eigenvalue weighted by atomic mass is 16.6. The maximum atomic E-state index is 10.5. The molecular weight excluding hydrogens is 218 g/mol. The molecule has 0 aliphatic rings. The number of carbonyl (C=O) groups excluding carboxylic acids is 1. The quantitative estimate of drug-likeness (QED) is 0.589. The average molecular weight is 233 g/mol. The molecule has 0 spiro atoms. The zero-order valence-electron chi connectivity index (χ0n) is 9.64. The number of aromatic nitrogens is 1. The molecule has 0 unspecified atom stereocenters. The van der Waals surface area contributed by atoms with Crippen LogP contribution in [0.1, 0.15) is 5.56 Å². The number of amides is 1. The van der Waals surface area contributed by atoms with Gasteiger partial charge in [-0.1, -0.05) is 18.2 Å². The summed E-state index contributed by atoms with van der Waals surface area (Å²) in [6.07, 6.45) is 2.03. The summed E-state index contributed by atoms with van der Waals surface area (Å²) in [5.41, 5.74) is 9.97. The minimum Gasteiger partial charge on any atom is -0.368 e. The molecule has 0 fully saturated rings. The summed E-state index contributed by atoms with van der Waals surface area (Å²) in [5.74, 6) is -0.490. The van der Waals surface area contributed by atoms with E-state index in [1.165, 1.54) is 10.9 Å². The van der Waals surface area contributed by atoms with Crippen LogP contribution in [0.25, 0.3) is 10.9 Å². The highest BCUT2D eigenvalue weighted by Gasteiger charge is 2.05. The fourth-order valence-electron chi connectivity index (χ4n) is 1.82. The number of hydrogen-bond donors (Lipinski definition) is 2. The topological polar surface area (TPSA) is 69.3 Å². The number of hydrogen-bond acceptors (Lipinski definition) is 3. The number of aryl methyl sites for hydroxylation is 1. The van der Waals surface area contributed by atoms with Gasteiger partial charge >= 0.3 is 0 Å². The molecule has 0 saturated heterocycles. The number of para-hydroxylation sites is 1. The Balaban J connectivity index is 2.06. The van der Waals surface area contributed by atoms with Crippen molar-refractivity contribution in [1.29, 1.82) is 0 Å². The second-order valence-corrected chi connectivity index (χ2v) is 3.86. The second kappa shape index (κ2) is 4.99. The van der Waals surface area contributed by atoms with Gasteiger partial charge < -0.3 is 10.3 Å². The second-order valence-electron chi connectivity index (χ2n) is 3.86. The van der Waals surface area contributed by atoms with Crippen molar-refractivity contribution in [2.45, 2.75) is 6.54 Å². The largest absolute Gasteiger partial charge is 0.368 e. The van der Waals surface area contributed by atoms with Crippen molar-refractivity contribution in [2.24, 2.45) is 12.8 Å². The Kier molecular flexibility index (Phi) is 3.41. The Bertz CT molecular complexity index is 534. The lowest BCUT2D eigenvalue weighted by atomic mass is 10.2. The van der Waals surface area contributed by atoms with Crippen LogP contribution in [0.15, 0.2) is 30.5 Å². The van der Waals surface area contributed by atoms with Crippen molar-refractivity contribution < 1.29 is 9.63 Å². The molecule has 1 heterocycles. The van der Waals surface area contributed by atoms with Gasteiger partial charge in [-0.3, -0.25) is 9.63 Å². The van der Waals surface area contributed by atoms with E-state index in [-0.39, 0.29) is 6.61 Å². The first-order valence-electron chi connectivity index (χ1n) is 5.34. The number of benzene rings is 1. The minimum atomic E-state index is -0.490.